The molecule has 1 aromatic carbocycles. The van der Waals surface area contributed by atoms with E-state index in [1.807, 2.05) is 35.0 Å². The third kappa shape index (κ3) is 2.48. The molecule has 0 amide bonds. The predicted molar refractivity (Wildman–Crippen MR) is 75.4 cm³/mol. The van der Waals surface area contributed by atoms with Crippen molar-refractivity contribution in [3.8, 4) is 5.75 Å². The fraction of sp³-hybridized carbons (Fsp3) is 0.0714. The highest BCUT2D eigenvalue weighted by Gasteiger charge is 2.03. The number of benzene rings is 1. The predicted octanol–water partition coefficient (Wildman–Crippen LogP) is 3.15. The number of fused-ring (bicyclic) bond motifs is 1. The number of hydrogen-bond acceptors (Lipinski definition) is 3. The molecule has 0 bridgehead atoms. The summed E-state index contributed by atoms with van der Waals surface area (Å²) in [5, 5.41) is 0.493. The van der Waals surface area contributed by atoms with Gasteiger partial charge in [-0.2, -0.15) is 0 Å². The van der Waals surface area contributed by atoms with Crippen molar-refractivity contribution in [1.29, 1.82) is 0 Å². The molecule has 0 spiro atoms. The second kappa shape index (κ2) is 4.82. The number of nitrogen functional groups attached to an aromatic ring is 1. The highest BCUT2D eigenvalue weighted by molar-refractivity contribution is 6.33. The molecule has 0 aliphatic carbocycles. The van der Waals surface area contributed by atoms with E-state index in [4.69, 9.17) is 22.1 Å². The minimum absolute atomic E-state index is 0.391. The maximum absolute atomic E-state index is 5.94. The van der Waals surface area contributed by atoms with E-state index in [-0.39, 0.29) is 0 Å². The molecular formula is C14H12ClN3O. The number of ether oxygens (including phenoxy) is 1. The monoisotopic (exact) mass is 273 g/mol. The minimum atomic E-state index is 0.391. The van der Waals surface area contributed by atoms with E-state index in [0.717, 1.165) is 11.3 Å². The molecule has 0 aliphatic heterocycles. The first-order valence-corrected chi connectivity index (χ1v) is 6.20. The molecule has 19 heavy (non-hydrogen) atoms. The lowest BCUT2D eigenvalue weighted by Gasteiger charge is -2.05. The molecule has 5 heteroatoms. The first-order valence-electron chi connectivity index (χ1n) is 5.83. The first-order chi connectivity index (χ1) is 9.22. The average molecular weight is 274 g/mol. The third-order valence-electron chi connectivity index (χ3n) is 2.77. The van der Waals surface area contributed by atoms with Crippen LogP contribution in [0.25, 0.3) is 5.65 Å². The van der Waals surface area contributed by atoms with Crippen molar-refractivity contribution < 1.29 is 4.74 Å². The van der Waals surface area contributed by atoms with Gasteiger partial charge >= 0.3 is 0 Å². The Kier molecular flexibility index (Phi) is 3.01. The van der Waals surface area contributed by atoms with Crippen molar-refractivity contribution in [2.24, 2.45) is 0 Å². The standard InChI is InChI=1S/C14H12ClN3O/c15-12-7-11(4-5-13(12)16)19-9-10-8-18-6-2-1-3-14(18)17-10/h1-8H,9,16H2. The molecule has 2 N–H and O–H groups in total. The van der Waals surface area contributed by atoms with Crippen LogP contribution < -0.4 is 10.5 Å². The summed E-state index contributed by atoms with van der Waals surface area (Å²) in [6, 6.07) is 11.1. The number of imidazole rings is 1. The van der Waals surface area contributed by atoms with E-state index in [2.05, 4.69) is 4.98 Å². The maximum Gasteiger partial charge on any atom is 0.137 e. The maximum atomic E-state index is 5.94. The lowest BCUT2D eigenvalue weighted by Crippen LogP contribution is -1.96. The molecule has 0 aliphatic rings. The topological polar surface area (TPSA) is 52.5 Å². The van der Waals surface area contributed by atoms with Gasteiger partial charge in [0.25, 0.3) is 0 Å². The molecule has 0 saturated carbocycles. The highest BCUT2D eigenvalue weighted by Crippen LogP contribution is 2.24. The lowest BCUT2D eigenvalue weighted by atomic mass is 10.3. The number of rotatable bonds is 3. The van der Waals surface area contributed by atoms with Gasteiger partial charge in [-0.1, -0.05) is 17.7 Å². The van der Waals surface area contributed by atoms with Crippen molar-refractivity contribution in [3.05, 3.63) is 59.5 Å². The van der Waals surface area contributed by atoms with Gasteiger partial charge in [0.1, 0.15) is 18.0 Å². The molecule has 0 fully saturated rings. The van der Waals surface area contributed by atoms with Gasteiger partial charge < -0.3 is 14.9 Å². The Bertz CT molecular complexity index is 691. The molecule has 0 radical (unpaired) electrons. The SMILES string of the molecule is Nc1ccc(OCc2cn3ccccc3n2)cc1Cl. The van der Waals surface area contributed by atoms with E-state index in [1.54, 1.807) is 18.2 Å². The summed E-state index contributed by atoms with van der Waals surface area (Å²) in [5.74, 6) is 0.677. The van der Waals surface area contributed by atoms with Crippen LogP contribution in [-0.2, 0) is 6.61 Å². The van der Waals surface area contributed by atoms with Gasteiger partial charge in [-0.25, -0.2) is 4.98 Å². The Hall–Kier alpha value is -2.20. The summed E-state index contributed by atoms with van der Waals surface area (Å²) in [5.41, 5.74) is 7.95. The molecule has 0 atom stereocenters. The van der Waals surface area contributed by atoms with E-state index in [0.29, 0.717) is 23.1 Å². The second-order valence-electron chi connectivity index (χ2n) is 4.17. The van der Waals surface area contributed by atoms with Crippen LogP contribution in [-0.4, -0.2) is 9.38 Å². The summed E-state index contributed by atoms with van der Waals surface area (Å²) < 4.78 is 7.59. The number of anilines is 1. The molecule has 0 saturated heterocycles. The van der Waals surface area contributed by atoms with Crippen molar-refractivity contribution in [2.45, 2.75) is 6.61 Å². The van der Waals surface area contributed by atoms with Crippen LogP contribution in [0.1, 0.15) is 5.69 Å². The number of nitrogens with zero attached hydrogens (tertiary/aromatic N) is 2. The zero-order valence-electron chi connectivity index (χ0n) is 10.1. The minimum Gasteiger partial charge on any atom is -0.487 e. The van der Waals surface area contributed by atoms with Crippen molar-refractivity contribution >= 4 is 22.9 Å². The largest absolute Gasteiger partial charge is 0.487 e. The molecule has 96 valence electrons. The molecule has 4 nitrogen and oxygen atoms in total. The average Bonchev–Trinajstić information content (AvgIpc) is 2.83. The zero-order valence-corrected chi connectivity index (χ0v) is 10.8. The fourth-order valence-corrected chi connectivity index (χ4v) is 1.98. The summed E-state index contributed by atoms with van der Waals surface area (Å²) in [4.78, 5) is 4.45. The van der Waals surface area contributed by atoms with Crippen molar-refractivity contribution in [2.75, 3.05) is 5.73 Å². The van der Waals surface area contributed by atoms with Gasteiger partial charge in [0.15, 0.2) is 0 Å². The van der Waals surface area contributed by atoms with E-state index in [1.165, 1.54) is 0 Å². The van der Waals surface area contributed by atoms with E-state index in [9.17, 15) is 0 Å². The number of nitrogens with two attached hydrogens (primary N) is 1. The molecule has 2 aromatic heterocycles. The second-order valence-corrected chi connectivity index (χ2v) is 4.58. The van der Waals surface area contributed by atoms with Gasteiger partial charge in [0.05, 0.1) is 16.4 Å². The molecule has 0 unspecified atom stereocenters. The fourth-order valence-electron chi connectivity index (χ4n) is 1.81. The van der Waals surface area contributed by atoms with Gasteiger partial charge in [-0.15, -0.1) is 0 Å². The number of hydrogen-bond donors (Lipinski definition) is 1. The van der Waals surface area contributed by atoms with Crippen molar-refractivity contribution in [3.63, 3.8) is 0 Å². The molecule has 3 aromatic rings. The number of halogens is 1. The van der Waals surface area contributed by atoms with E-state index >= 15 is 0 Å². The summed E-state index contributed by atoms with van der Waals surface area (Å²) in [6.45, 7) is 0.391. The Morgan fingerprint density at radius 2 is 2.16 bits per heavy atom. The highest BCUT2D eigenvalue weighted by atomic mass is 35.5. The van der Waals surface area contributed by atoms with Gasteiger partial charge in [-0.05, 0) is 24.3 Å². The van der Waals surface area contributed by atoms with Crippen LogP contribution in [0.4, 0.5) is 5.69 Å². The Labute approximate surface area is 115 Å². The summed E-state index contributed by atoms with van der Waals surface area (Å²) in [6.07, 6.45) is 3.89. The van der Waals surface area contributed by atoms with Crippen LogP contribution in [0.5, 0.6) is 5.75 Å². The summed E-state index contributed by atoms with van der Waals surface area (Å²) >= 11 is 5.94. The number of aromatic nitrogens is 2. The quantitative estimate of drug-likeness (QED) is 0.746. The molecule has 2 heterocycles. The van der Waals surface area contributed by atoms with Crippen LogP contribution >= 0.6 is 11.6 Å². The van der Waals surface area contributed by atoms with Gasteiger partial charge in [0, 0.05) is 18.5 Å². The third-order valence-corrected chi connectivity index (χ3v) is 3.10. The van der Waals surface area contributed by atoms with Crippen molar-refractivity contribution in [1.82, 2.24) is 9.38 Å². The Morgan fingerprint density at radius 3 is 2.95 bits per heavy atom. The van der Waals surface area contributed by atoms with Gasteiger partial charge in [0.2, 0.25) is 0 Å². The first kappa shape index (κ1) is 11.9. The lowest BCUT2D eigenvalue weighted by molar-refractivity contribution is 0.302. The van der Waals surface area contributed by atoms with Crippen LogP contribution in [0.2, 0.25) is 5.02 Å². The Balaban J connectivity index is 1.76. The molecule has 3 rings (SSSR count). The number of pyridine rings is 1. The zero-order chi connectivity index (χ0) is 13.2. The molecular weight excluding hydrogens is 262 g/mol. The van der Waals surface area contributed by atoms with Crippen LogP contribution in [0, 0.1) is 0 Å². The van der Waals surface area contributed by atoms with E-state index < -0.39 is 0 Å². The van der Waals surface area contributed by atoms with Crippen LogP contribution in [0.15, 0.2) is 48.8 Å². The smallest absolute Gasteiger partial charge is 0.137 e. The van der Waals surface area contributed by atoms with Gasteiger partial charge in [-0.3, -0.25) is 0 Å². The Morgan fingerprint density at radius 1 is 1.26 bits per heavy atom. The summed E-state index contributed by atoms with van der Waals surface area (Å²) in [7, 11) is 0. The normalized spacial score (nSPS) is 10.8. The van der Waals surface area contributed by atoms with Crippen LogP contribution in [0.3, 0.4) is 0 Å².